The second-order valence-corrected chi connectivity index (χ2v) is 15.4. The lowest BCUT2D eigenvalue weighted by Gasteiger charge is -2.28. The Bertz CT molecular complexity index is 2040. The molecular weight excluding hydrogens is 721 g/mol. The van der Waals surface area contributed by atoms with Crippen molar-refractivity contribution in [2.75, 3.05) is 33.6 Å². The molecule has 4 N–H and O–H groups in total. The van der Waals surface area contributed by atoms with E-state index in [9.17, 15) is 4.79 Å². The van der Waals surface area contributed by atoms with E-state index in [0.717, 1.165) is 102 Å². The van der Waals surface area contributed by atoms with Gasteiger partial charge in [0.25, 0.3) is 0 Å². The molecule has 7 rings (SSSR count). The Morgan fingerprint density at radius 1 is 0.870 bits per heavy atom. The summed E-state index contributed by atoms with van der Waals surface area (Å²) in [5.41, 5.74) is 8.10. The highest BCUT2D eigenvalue weighted by Crippen LogP contribution is 2.39. The van der Waals surface area contributed by atoms with Crippen molar-refractivity contribution in [3.8, 4) is 28.0 Å². The lowest BCUT2D eigenvalue weighted by molar-refractivity contribution is -0.119. The number of hydrogen-bond acceptors (Lipinski definition) is 7. The van der Waals surface area contributed by atoms with Crippen molar-refractivity contribution < 1.29 is 19.4 Å². The van der Waals surface area contributed by atoms with Gasteiger partial charge in [0.1, 0.15) is 12.5 Å². The fourth-order valence-corrected chi connectivity index (χ4v) is 8.51. The maximum absolute atomic E-state index is 11.5. The van der Waals surface area contributed by atoms with Crippen molar-refractivity contribution in [3.63, 3.8) is 0 Å². The molecule has 1 aromatic heterocycles. The highest BCUT2D eigenvalue weighted by atomic mass is 35.5. The van der Waals surface area contributed by atoms with Crippen molar-refractivity contribution in [1.29, 1.82) is 0 Å². The van der Waals surface area contributed by atoms with Gasteiger partial charge in [-0.2, -0.15) is 5.10 Å². The highest BCUT2D eigenvalue weighted by molar-refractivity contribution is 6.36. The molecular formula is C43H49Cl2N5O4. The summed E-state index contributed by atoms with van der Waals surface area (Å²) in [4.78, 5) is 11.5. The van der Waals surface area contributed by atoms with E-state index in [-0.39, 0.29) is 18.7 Å². The Hall–Kier alpha value is -3.96. The predicted octanol–water partition coefficient (Wildman–Crippen LogP) is 7.96. The van der Waals surface area contributed by atoms with Crippen LogP contribution in [0.4, 0.5) is 0 Å². The molecule has 0 spiro atoms. The van der Waals surface area contributed by atoms with Crippen LogP contribution in [0, 0.1) is 11.8 Å². The molecule has 4 aromatic carbocycles. The number of halogens is 2. The number of rotatable bonds is 16. The van der Waals surface area contributed by atoms with Crippen molar-refractivity contribution in [2.24, 2.45) is 11.8 Å². The molecule has 9 nitrogen and oxygen atoms in total. The molecule has 1 aliphatic heterocycles. The van der Waals surface area contributed by atoms with Gasteiger partial charge in [0, 0.05) is 59.2 Å². The summed E-state index contributed by atoms with van der Waals surface area (Å²) >= 11 is 14.1. The van der Waals surface area contributed by atoms with E-state index in [0.29, 0.717) is 48.0 Å². The number of hydrogen-bond donors (Lipinski definition) is 4. The van der Waals surface area contributed by atoms with Gasteiger partial charge in [-0.3, -0.25) is 9.48 Å². The summed E-state index contributed by atoms with van der Waals surface area (Å²) in [6.45, 7) is 4.06. The quantitative estimate of drug-likeness (QED) is 0.0755. The van der Waals surface area contributed by atoms with Crippen LogP contribution >= 0.6 is 23.2 Å². The third-order valence-corrected chi connectivity index (χ3v) is 11.7. The zero-order valence-electron chi connectivity index (χ0n) is 30.8. The maximum atomic E-state index is 11.5. The minimum absolute atomic E-state index is 0.138. The van der Waals surface area contributed by atoms with E-state index in [1.165, 1.54) is 5.56 Å². The van der Waals surface area contributed by atoms with Gasteiger partial charge in [-0.1, -0.05) is 77.8 Å². The highest BCUT2D eigenvalue weighted by Gasteiger charge is 2.22. The summed E-state index contributed by atoms with van der Waals surface area (Å²) in [5.74, 6) is 2.12. The summed E-state index contributed by atoms with van der Waals surface area (Å²) < 4.78 is 13.0. The Balaban J connectivity index is 1.01. The van der Waals surface area contributed by atoms with Gasteiger partial charge in [0.15, 0.2) is 0 Å². The molecule has 0 unspecified atom stereocenters. The average Bonchev–Trinajstić information content (AvgIpc) is 3.81. The Morgan fingerprint density at radius 3 is 2.37 bits per heavy atom. The Morgan fingerprint density at radius 2 is 1.61 bits per heavy atom. The number of aromatic nitrogens is 2. The van der Waals surface area contributed by atoms with E-state index < -0.39 is 0 Å². The molecule has 5 aromatic rings. The lowest BCUT2D eigenvalue weighted by atomic mass is 9.82. The third kappa shape index (κ3) is 9.11. The van der Waals surface area contributed by atoms with Gasteiger partial charge >= 0.3 is 0 Å². The molecule has 11 heteroatoms. The monoisotopic (exact) mass is 769 g/mol. The van der Waals surface area contributed by atoms with Crippen LogP contribution in [-0.2, 0) is 29.2 Å². The van der Waals surface area contributed by atoms with Gasteiger partial charge in [-0.25, -0.2) is 0 Å². The van der Waals surface area contributed by atoms with Crippen molar-refractivity contribution in [1.82, 2.24) is 25.7 Å². The smallest absolute Gasteiger partial charge is 0.220 e. The minimum atomic E-state index is -0.197. The van der Waals surface area contributed by atoms with Gasteiger partial charge in [0.05, 0.1) is 37.0 Å². The van der Waals surface area contributed by atoms with E-state index in [2.05, 4.69) is 70.5 Å². The Kier molecular flexibility index (Phi) is 12.9. The molecule has 1 amide bonds. The molecule has 1 aliphatic carbocycles. The number of nitrogens with one attached hydrogen (secondary N) is 3. The number of carbonyl (C=O) groups excluding carboxylic acids is 1. The molecule has 1 atom stereocenters. The molecule has 2 aliphatic rings. The average molecular weight is 771 g/mol. The molecule has 0 bridgehead atoms. The van der Waals surface area contributed by atoms with Crippen LogP contribution in [-0.4, -0.2) is 60.4 Å². The first kappa shape index (κ1) is 38.3. The van der Waals surface area contributed by atoms with Crippen LogP contribution in [0.1, 0.15) is 55.2 Å². The number of ether oxygens (including phenoxy) is 2. The zero-order valence-corrected chi connectivity index (χ0v) is 32.3. The first-order chi connectivity index (χ1) is 26.4. The second-order valence-electron chi connectivity index (χ2n) is 14.6. The number of fused-ring (bicyclic) bond motifs is 1. The molecule has 54 heavy (non-hydrogen) atoms. The number of methoxy groups -OCH3 is 1. The summed E-state index contributed by atoms with van der Waals surface area (Å²) in [5, 5.41) is 26.2. The standard InChI is InChI=1S/C43H49Cl2N5O4/c1-53-41-19-33(39(44)18-32(41)22-46-20-28-8-10-30(11-9-28)26-54-27-51)25-50-40-7-3-5-36(38(40)24-48-50)37-6-2-4-35(43(37)45)31-14-12-29(13-15-31)21-47-23-34-16-17-42(52)49-34/h2-7,12-15,18-19,24,28,30,34,46-47,51H,8-11,16-17,20-23,25-27H2,1H3,(H,49,52)/t28?,30?,34-/m0/s1. The molecule has 2 heterocycles. The van der Waals surface area contributed by atoms with Gasteiger partial charge in [0.2, 0.25) is 5.91 Å². The Labute approximate surface area is 327 Å². The molecule has 284 valence electrons. The third-order valence-electron chi connectivity index (χ3n) is 11.0. The van der Waals surface area contributed by atoms with Gasteiger partial charge in [-0.15, -0.1) is 0 Å². The van der Waals surface area contributed by atoms with E-state index in [1.54, 1.807) is 7.11 Å². The van der Waals surface area contributed by atoms with E-state index in [4.69, 9.17) is 42.9 Å². The maximum Gasteiger partial charge on any atom is 0.220 e. The van der Waals surface area contributed by atoms with Crippen molar-refractivity contribution in [2.45, 2.75) is 64.2 Å². The number of benzene rings is 4. The molecule has 1 saturated carbocycles. The fraction of sp³-hybridized carbons (Fsp3) is 0.395. The van der Waals surface area contributed by atoms with E-state index in [1.807, 2.05) is 29.1 Å². The first-order valence-electron chi connectivity index (χ1n) is 19.0. The summed E-state index contributed by atoms with van der Waals surface area (Å²) in [6.07, 6.45) is 8.01. The topological polar surface area (TPSA) is 110 Å². The second kappa shape index (κ2) is 18.1. The number of aliphatic hydroxyl groups is 1. The van der Waals surface area contributed by atoms with Crippen LogP contribution in [0.2, 0.25) is 10.0 Å². The first-order valence-corrected chi connectivity index (χ1v) is 19.7. The van der Waals surface area contributed by atoms with Gasteiger partial charge < -0.3 is 30.5 Å². The summed E-state index contributed by atoms with van der Waals surface area (Å²) in [7, 11) is 1.70. The van der Waals surface area contributed by atoms with Crippen LogP contribution in [0.15, 0.2) is 79.0 Å². The minimum Gasteiger partial charge on any atom is -0.496 e. The SMILES string of the molecule is COc1cc(Cn2ncc3c(-c4cccc(-c5ccc(CNC[C@@H]6CCC(=O)N6)cc5)c4Cl)cccc32)c(Cl)cc1CNCC1CCC(COCO)CC1. The molecule has 0 radical (unpaired) electrons. The number of amides is 1. The zero-order chi connectivity index (χ0) is 37.4. The lowest BCUT2D eigenvalue weighted by Crippen LogP contribution is -2.35. The molecule has 1 saturated heterocycles. The normalized spacial score (nSPS) is 18.7. The van der Waals surface area contributed by atoms with Crippen LogP contribution in [0.25, 0.3) is 33.2 Å². The number of nitrogens with zero attached hydrogens (tertiary/aromatic N) is 2. The van der Waals surface area contributed by atoms with Crippen molar-refractivity contribution in [3.05, 3.63) is 106 Å². The van der Waals surface area contributed by atoms with E-state index >= 15 is 0 Å². The van der Waals surface area contributed by atoms with Crippen LogP contribution in [0.5, 0.6) is 5.75 Å². The fourth-order valence-electron chi connectivity index (χ4n) is 7.93. The van der Waals surface area contributed by atoms with Crippen molar-refractivity contribution >= 4 is 40.0 Å². The molecule has 2 fully saturated rings. The largest absolute Gasteiger partial charge is 0.496 e. The van der Waals surface area contributed by atoms with Crippen LogP contribution in [0.3, 0.4) is 0 Å². The summed E-state index contributed by atoms with van der Waals surface area (Å²) in [6, 6.07) is 25.1. The number of aliphatic hydroxyl groups excluding tert-OH is 1. The van der Waals surface area contributed by atoms with Crippen LogP contribution < -0.4 is 20.7 Å². The predicted molar refractivity (Wildman–Crippen MR) is 216 cm³/mol. The van der Waals surface area contributed by atoms with Gasteiger partial charge in [-0.05, 0) is 90.9 Å². The number of carbonyl (C=O) groups is 1.